The lowest BCUT2D eigenvalue weighted by Crippen LogP contribution is -2.41. The molecule has 3 rings (SSSR count). The number of amides is 1. The van der Waals surface area contributed by atoms with Crippen molar-refractivity contribution in [1.82, 2.24) is 4.31 Å². The van der Waals surface area contributed by atoms with Crippen LogP contribution in [-0.2, 0) is 19.9 Å². The summed E-state index contributed by atoms with van der Waals surface area (Å²) in [5.41, 5.74) is 0.735. The van der Waals surface area contributed by atoms with Crippen molar-refractivity contribution in [2.45, 2.75) is 10.9 Å². The third-order valence-electron chi connectivity index (χ3n) is 4.69. The van der Waals surface area contributed by atoms with Gasteiger partial charge in [-0.25, -0.2) is 21.1 Å². The van der Waals surface area contributed by atoms with Crippen LogP contribution in [0.2, 0.25) is 0 Å². The Labute approximate surface area is 176 Å². The molecule has 2 aromatic carbocycles. The highest BCUT2D eigenvalue weighted by Gasteiger charge is 2.32. The van der Waals surface area contributed by atoms with Crippen LogP contribution in [0.1, 0.15) is 10.4 Å². The van der Waals surface area contributed by atoms with E-state index in [-0.39, 0.29) is 16.2 Å². The number of benzene rings is 2. The number of ether oxygens (including phenoxy) is 1. The Bertz CT molecular complexity index is 1170. The third kappa shape index (κ3) is 4.40. The van der Waals surface area contributed by atoms with E-state index in [9.17, 15) is 21.6 Å². The van der Waals surface area contributed by atoms with Gasteiger partial charge in [-0.1, -0.05) is 0 Å². The van der Waals surface area contributed by atoms with Crippen LogP contribution >= 0.6 is 0 Å². The summed E-state index contributed by atoms with van der Waals surface area (Å²) in [5, 5.41) is 1.11. The van der Waals surface area contributed by atoms with Crippen LogP contribution in [0.5, 0.6) is 5.75 Å². The smallest absolute Gasteiger partial charge is 0.258 e. The Balaban J connectivity index is 1.99. The normalized spacial score (nSPS) is 17.8. The zero-order valence-corrected chi connectivity index (χ0v) is 18.4. The van der Waals surface area contributed by atoms with E-state index in [1.165, 1.54) is 56.4 Å². The Hall–Kier alpha value is -2.69. The van der Waals surface area contributed by atoms with Crippen molar-refractivity contribution >= 4 is 31.5 Å². The quantitative estimate of drug-likeness (QED) is 0.666. The van der Waals surface area contributed by atoms with Crippen molar-refractivity contribution in [1.29, 1.82) is 0 Å². The van der Waals surface area contributed by atoms with Crippen molar-refractivity contribution in [2.24, 2.45) is 0 Å². The molecule has 0 fully saturated rings. The van der Waals surface area contributed by atoms with Crippen molar-refractivity contribution in [3.63, 3.8) is 0 Å². The van der Waals surface area contributed by atoms with Crippen molar-refractivity contribution in [3.8, 4) is 5.75 Å². The lowest BCUT2D eigenvalue weighted by atomic mass is 10.1. The molecule has 0 aromatic heterocycles. The monoisotopic (exact) mass is 450 g/mol. The summed E-state index contributed by atoms with van der Waals surface area (Å²) < 4.78 is 54.6. The second-order valence-electron chi connectivity index (χ2n) is 6.91. The standard InChI is InChI=1S/C20H22N2O6S2/c1-21(2)30(26,27)19-10-4-15(5-11-19)20(23)22(17-12-13-29(24,25)14-17)16-6-8-18(28-3)9-7-16/h4-13,17H,14H2,1-3H3. The summed E-state index contributed by atoms with van der Waals surface area (Å²) >= 11 is 0. The average Bonchev–Trinajstić information content (AvgIpc) is 3.07. The number of rotatable bonds is 6. The van der Waals surface area contributed by atoms with Gasteiger partial charge in [0.05, 0.1) is 23.8 Å². The minimum atomic E-state index is -3.63. The van der Waals surface area contributed by atoms with Crippen LogP contribution in [0.15, 0.2) is 64.9 Å². The maximum absolute atomic E-state index is 13.3. The van der Waals surface area contributed by atoms with Crippen molar-refractivity contribution in [2.75, 3.05) is 31.9 Å². The number of carbonyl (C=O) groups excluding carboxylic acids is 1. The number of anilines is 1. The summed E-state index contributed by atoms with van der Waals surface area (Å²) in [5.74, 6) is -0.0718. The summed E-state index contributed by atoms with van der Waals surface area (Å²) in [4.78, 5) is 14.7. The van der Waals surface area contributed by atoms with E-state index in [0.29, 0.717) is 11.4 Å². The molecule has 1 amide bonds. The van der Waals surface area contributed by atoms with Crippen LogP contribution < -0.4 is 9.64 Å². The van der Waals surface area contributed by atoms with Gasteiger partial charge in [0.2, 0.25) is 10.0 Å². The fourth-order valence-corrected chi connectivity index (χ4v) is 5.21. The van der Waals surface area contributed by atoms with Gasteiger partial charge in [-0.2, -0.15) is 0 Å². The molecule has 0 aliphatic carbocycles. The van der Waals surface area contributed by atoms with E-state index in [1.807, 2.05) is 0 Å². The maximum atomic E-state index is 13.3. The number of sulfone groups is 1. The van der Waals surface area contributed by atoms with E-state index in [2.05, 4.69) is 0 Å². The largest absolute Gasteiger partial charge is 0.497 e. The van der Waals surface area contributed by atoms with Crippen LogP contribution in [-0.4, -0.2) is 60.0 Å². The Morgan fingerprint density at radius 3 is 2.10 bits per heavy atom. The highest BCUT2D eigenvalue weighted by molar-refractivity contribution is 7.94. The van der Waals surface area contributed by atoms with Gasteiger partial charge in [0, 0.05) is 30.8 Å². The summed E-state index contributed by atoms with van der Waals surface area (Å²) in [6, 6.07) is 11.6. The molecule has 0 bridgehead atoms. The number of carbonyl (C=O) groups is 1. The molecule has 1 atom stereocenters. The lowest BCUT2D eigenvalue weighted by molar-refractivity contribution is 0.0983. The highest BCUT2D eigenvalue weighted by Crippen LogP contribution is 2.27. The van der Waals surface area contributed by atoms with E-state index in [1.54, 1.807) is 24.3 Å². The molecular weight excluding hydrogens is 428 g/mol. The highest BCUT2D eigenvalue weighted by atomic mass is 32.2. The molecule has 0 spiro atoms. The first-order chi connectivity index (χ1) is 14.0. The van der Waals surface area contributed by atoms with E-state index < -0.39 is 31.8 Å². The van der Waals surface area contributed by atoms with E-state index in [4.69, 9.17) is 4.74 Å². The molecule has 160 valence electrons. The maximum Gasteiger partial charge on any atom is 0.258 e. The van der Waals surface area contributed by atoms with Crippen LogP contribution in [0.25, 0.3) is 0 Å². The molecule has 2 aromatic rings. The number of sulfonamides is 1. The molecule has 1 aliphatic rings. The molecule has 0 N–H and O–H groups in total. The third-order valence-corrected chi connectivity index (χ3v) is 7.90. The van der Waals surface area contributed by atoms with Gasteiger partial charge in [0.25, 0.3) is 5.91 Å². The SMILES string of the molecule is COc1ccc(N(C(=O)c2ccc(S(=O)(=O)N(C)C)cc2)C2C=CS(=O)(=O)C2)cc1. The zero-order valence-electron chi connectivity index (χ0n) is 16.7. The van der Waals surface area contributed by atoms with Gasteiger partial charge in [0.15, 0.2) is 9.84 Å². The number of hydrogen-bond acceptors (Lipinski definition) is 6. The average molecular weight is 451 g/mol. The fourth-order valence-electron chi connectivity index (χ4n) is 3.04. The van der Waals surface area contributed by atoms with Crippen LogP contribution in [0, 0.1) is 0 Å². The molecule has 0 saturated carbocycles. The van der Waals surface area contributed by atoms with Crippen molar-refractivity contribution in [3.05, 3.63) is 65.6 Å². The number of nitrogens with zero attached hydrogens (tertiary/aromatic N) is 2. The van der Waals surface area contributed by atoms with Gasteiger partial charge in [-0.3, -0.25) is 4.79 Å². The topological polar surface area (TPSA) is 101 Å². The number of hydrogen-bond donors (Lipinski definition) is 0. The van der Waals surface area contributed by atoms with Gasteiger partial charge in [0.1, 0.15) is 5.75 Å². The Morgan fingerprint density at radius 1 is 1.03 bits per heavy atom. The molecule has 1 aliphatic heterocycles. The predicted molar refractivity (Wildman–Crippen MR) is 114 cm³/mol. The first-order valence-corrected chi connectivity index (χ1v) is 12.1. The van der Waals surface area contributed by atoms with Crippen molar-refractivity contribution < 1.29 is 26.4 Å². The predicted octanol–water partition coefficient (Wildman–Crippen LogP) is 1.90. The van der Waals surface area contributed by atoms with Gasteiger partial charge in [-0.05, 0) is 54.6 Å². The molecular formula is C20H22N2O6S2. The molecule has 1 unspecified atom stereocenters. The van der Waals surface area contributed by atoms with E-state index >= 15 is 0 Å². The number of methoxy groups -OCH3 is 1. The van der Waals surface area contributed by atoms with Gasteiger partial charge >= 0.3 is 0 Å². The zero-order chi connectivity index (χ0) is 22.1. The minimum absolute atomic E-state index is 0.0587. The summed E-state index contributed by atoms with van der Waals surface area (Å²) in [6.45, 7) is 0. The first kappa shape index (κ1) is 22.0. The molecule has 0 saturated heterocycles. The Morgan fingerprint density at radius 2 is 1.63 bits per heavy atom. The van der Waals surface area contributed by atoms with Gasteiger partial charge in [-0.15, -0.1) is 0 Å². The Kier molecular flexibility index (Phi) is 6.02. The molecule has 10 heteroatoms. The molecule has 30 heavy (non-hydrogen) atoms. The van der Waals surface area contributed by atoms with E-state index in [0.717, 1.165) is 9.71 Å². The van der Waals surface area contributed by atoms with Crippen LogP contribution in [0.3, 0.4) is 0 Å². The van der Waals surface area contributed by atoms with Gasteiger partial charge < -0.3 is 9.64 Å². The van der Waals surface area contributed by atoms with Crippen LogP contribution in [0.4, 0.5) is 5.69 Å². The summed E-state index contributed by atoms with van der Waals surface area (Å²) in [6.07, 6.45) is 1.47. The second kappa shape index (κ2) is 8.21. The fraction of sp³-hybridized carbons (Fsp3) is 0.250. The lowest BCUT2D eigenvalue weighted by Gasteiger charge is -2.28. The second-order valence-corrected chi connectivity index (χ2v) is 11.0. The molecule has 0 radical (unpaired) electrons. The molecule has 8 nitrogen and oxygen atoms in total. The first-order valence-electron chi connectivity index (χ1n) is 8.96. The minimum Gasteiger partial charge on any atom is -0.497 e. The summed E-state index contributed by atoms with van der Waals surface area (Å²) in [7, 11) is -2.66. The molecule has 1 heterocycles.